The number of aromatic nitrogens is 1. The van der Waals surface area contributed by atoms with Gasteiger partial charge in [0.1, 0.15) is 5.02 Å². The number of halogens is 4. The maximum atomic E-state index is 12.7. The fourth-order valence-corrected chi connectivity index (χ4v) is 1.06. The Morgan fingerprint density at radius 3 is 2.57 bits per heavy atom. The lowest BCUT2D eigenvalue weighted by Gasteiger charge is -2.02. The summed E-state index contributed by atoms with van der Waals surface area (Å²) >= 11 is 5.20. The van der Waals surface area contributed by atoms with E-state index in [9.17, 15) is 23.3 Å². The monoisotopic (exact) mass is 226 g/mol. The molecule has 14 heavy (non-hydrogen) atoms. The number of nitro groups is 1. The number of pyridine rings is 1. The van der Waals surface area contributed by atoms with Gasteiger partial charge < -0.3 is 0 Å². The predicted octanol–water partition coefficient (Wildman–Crippen LogP) is 2.72. The van der Waals surface area contributed by atoms with Gasteiger partial charge in [0.25, 0.3) is 12.4 Å². The molecule has 76 valence electrons. The Morgan fingerprint density at radius 1 is 1.57 bits per heavy atom. The largest absolute Gasteiger partial charge is 0.342 e. The van der Waals surface area contributed by atoms with Crippen molar-refractivity contribution in [1.29, 1.82) is 0 Å². The smallest absolute Gasteiger partial charge is 0.258 e. The second kappa shape index (κ2) is 3.79. The van der Waals surface area contributed by atoms with Crippen molar-refractivity contribution >= 4 is 17.3 Å². The first-order valence-corrected chi connectivity index (χ1v) is 3.59. The molecule has 0 N–H and O–H groups in total. The molecule has 4 nitrogen and oxygen atoms in total. The number of hydrogen-bond donors (Lipinski definition) is 0. The fraction of sp³-hybridized carbons (Fsp3) is 0.167. The van der Waals surface area contributed by atoms with Gasteiger partial charge in [-0.15, -0.1) is 0 Å². The molecule has 0 aliphatic heterocycles. The zero-order chi connectivity index (χ0) is 10.9. The van der Waals surface area contributed by atoms with E-state index in [1.54, 1.807) is 0 Å². The van der Waals surface area contributed by atoms with Gasteiger partial charge in [0, 0.05) is 6.20 Å². The SMILES string of the molecule is O=[N+]([O-])c1c(F)ncc(C(F)F)c1Cl. The molecule has 0 atom stereocenters. The molecule has 0 saturated carbocycles. The first-order chi connectivity index (χ1) is 6.45. The molecule has 0 amide bonds. The van der Waals surface area contributed by atoms with Crippen LogP contribution in [-0.4, -0.2) is 9.91 Å². The molecule has 0 aromatic carbocycles. The molecule has 1 heterocycles. The van der Waals surface area contributed by atoms with Crippen LogP contribution in [0.1, 0.15) is 12.0 Å². The molecule has 0 aliphatic rings. The summed E-state index contributed by atoms with van der Waals surface area (Å²) in [5, 5.41) is 9.29. The van der Waals surface area contributed by atoms with Crippen LogP contribution in [-0.2, 0) is 0 Å². The Morgan fingerprint density at radius 2 is 2.14 bits per heavy atom. The van der Waals surface area contributed by atoms with Gasteiger partial charge >= 0.3 is 5.69 Å². The molecule has 0 aliphatic carbocycles. The Labute approximate surface area is 80.5 Å². The van der Waals surface area contributed by atoms with Crippen molar-refractivity contribution in [2.24, 2.45) is 0 Å². The molecular formula is C6H2ClF3N2O2. The third kappa shape index (κ3) is 1.77. The lowest BCUT2D eigenvalue weighted by molar-refractivity contribution is -0.388. The highest BCUT2D eigenvalue weighted by Gasteiger charge is 2.27. The molecule has 0 unspecified atom stereocenters. The van der Waals surface area contributed by atoms with Gasteiger partial charge in [0.2, 0.25) is 0 Å². The Balaban J connectivity index is 3.41. The zero-order valence-corrected chi connectivity index (χ0v) is 7.13. The van der Waals surface area contributed by atoms with E-state index in [0.29, 0.717) is 6.20 Å². The summed E-state index contributed by atoms with van der Waals surface area (Å²) in [4.78, 5) is 11.8. The Bertz CT molecular complexity index is 386. The van der Waals surface area contributed by atoms with E-state index in [-0.39, 0.29) is 0 Å². The average molecular weight is 227 g/mol. The van der Waals surface area contributed by atoms with Crippen LogP contribution in [0.5, 0.6) is 0 Å². The third-order valence-electron chi connectivity index (χ3n) is 1.39. The molecule has 1 aromatic heterocycles. The van der Waals surface area contributed by atoms with E-state index in [1.807, 2.05) is 0 Å². The van der Waals surface area contributed by atoms with Gasteiger partial charge in [0.05, 0.1) is 10.5 Å². The second-order valence-corrected chi connectivity index (χ2v) is 2.60. The van der Waals surface area contributed by atoms with E-state index >= 15 is 0 Å². The summed E-state index contributed by atoms with van der Waals surface area (Å²) in [6.45, 7) is 0. The van der Waals surface area contributed by atoms with Crippen molar-refractivity contribution in [2.45, 2.75) is 6.43 Å². The number of rotatable bonds is 2. The maximum Gasteiger partial charge on any atom is 0.342 e. The quantitative estimate of drug-likeness (QED) is 0.443. The Kier molecular flexibility index (Phi) is 2.90. The van der Waals surface area contributed by atoms with E-state index in [4.69, 9.17) is 11.6 Å². The molecule has 1 aromatic rings. The fourth-order valence-electron chi connectivity index (χ4n) is 0.779. The number of alkyl halides is 2. The summed E-state index contributed by atoms with van der Waals surface area (Å²) in [6, 6.07) is 0. The minimum Gasteiger partial charge on any atom is -0.258 e. The van der Waals surface area contributed by atoms with Crippen LogP contribution in [0.15, 0.2) is 6.20 Å². The maximum absolute atomic E-state index is 12.7. The van der Waals surface area contributed by atoms with Gasteiger partial charge in [-0.3, -0.25) is 10.1 Å². The van der Waals surface area contributed by atoms with E-state index in [2.05, 4.69) is 4.98 Å². The van der Waals surface area contributed by atoms with E-state index in [0.717, 1.165) is 0 Å². The minimum absolute atomic E-state index is 0.468. The summed E-state index contributed by atoms with van der Waals surface area (Å²) < 4.78 is 36.9. The van der Waals surface area contributed by atoms with Crippen molar-refractivity contribution in [1.82, 2.24) is 4.98 Å². The highest BCUT2D eigenvalue weighted by atomic mass is 35.5. The first-order valence-electron chi connectivity index (χ1n) is 3.21. The van der Waals surface area contributed by atoms with Crippen LogP contribution < -0.4 is 0 Å². The van der Waals surface area contributed by atoms with E-state index < -0.39 is 33.6 Å². The van der Waals surface area contributed by atoms with Crippen molar-refractivity contribution in [2.75, 3.05) is 0 Å². The average Bonchev–Trinajstić information content (AvgIpc) is 2.02. The van der Waals surface area contributed by atoms with Crippen molar-refractivity contribution in [3.05, 3.63) is 32.8 Å². The van der Waals surface area contributed by atoms with Crippen LogP contribution in [0.25, 0.3) is 0 Å². The summed E-state index contributed by atoms with van der Waals surface area (Å²) in [5.74, 6) is -1.48. The predicted molar refractivity (Wildman–Crippen MR) is 40.8 cm³/mol. The van der Waals surface area contributed by atoms with Crippen LogP contribution in [0.2, 0.25) is 5.02 Å². The van der Waals surface area contributed by atoms with Gasteiger partial charge in [-0.2, -0.15) is 4.39 Å². The van der Waals surface area contributed by atoms with Gasteiger partial charge in [0.15, 0.2) is 0 Å². The molecule has 0 bridgehead atoms. The molecule has 0 fully saturated rings. The normalized spacial score (nSPS) is 10.6. The number of hydrogen-bond acceptors (Lipinski definition) is 3. The molecule has 8 heteroatoms. The molecule has 1 rings (SSSR count). The highest BCUT2D eigenvalue weighted by Crippen LogP contribution is 2.34. The van der Waals surface area contributed by atoms with Crippen molar-refractivity contribution in [3.63, 3.8) is 0 Å². The number of nitrogens with zero attached hydrogens (tertiary/aromatic N) is 2. The van der Waals surface area contributed by atoms with Crippen LogP contribution in [0.3, 0.4) is 0 Å². The second-order valence-electron chi connectivity index (χ2n) is 2.22. The van der Waals surface area contributed by atoms with Crippen LogP contribution in [0, 0.1) is 16.1 Å². The third-order valence-corrected chi connectivity index (χ3v) is 1.79. The highest BCUT2D eigenvalue weighted by molar-refractivity contribution is 6.33. The van der Waals surface area contributed by atoms with Crippen LogP contribution >= 0.6 is 11.6 Å². The molecule has 0 spiro atoms. The lowest BCUT2D eigenvalue weighted by atomic mass is 10.2. The van der Waals surface area contributed by atoms with Gasteiger partial charge in [-0.25, -0.2) is 13.8 Å². The van der Waals surface area contributed by atoms with Gasteiger partial charge in [-0.1, -0.05) is 11.6 Å². The Hall–Kier alpha value is -1.37. The van der Waals surface area contributed by atoms with E-state index in [1.165, 1.54) is 0 Å². The summed E-state index contributed by atoms with van der Waals surface area (Å²) in [6.07, 6.45) is -2.57. The van der Waals surface area contributed by atoms with Crippen LogP contribution in [0.4, 0.5) is 18.9 Å². The topological polar surface area (TPSA) is 56.0 Å². The van der Waals surface area contributed by atoms with Gasteiger partial charge in [-0.05, 0) is 0 Å². The lowest BCUT2D eigenvalue weighted by Crippen LogP contribution is -2.00. The molecule has 0 radical (unpaired) electrons. The summed E-state index contributed by atoms with van der Waals surface area (Å²) in [7, 11) is 0. The minimum atomic E-state index is -3.03. The molecule has 0 saturated heterocycles. The van der Waals surface area contributed by atoms with Crippen molar-refractivity contribution < 1.29 is 18.1 Å². The van der Waals surface area contributed by atoms with Crippen molar-refractivity contribution in [3.8, 4) is 0 Å². The first kappa shape index (κ1) is 10.7. The standard InChI is InChI=1S/C6H2ClF3N2O2/c7-3-2(5(8)9)1-11-6(10)4(3)12(13)14/h1,5H. The summed E-state index contributed by atoms with van der Waals surface area (Å²) in [5.41, 5.74) is -2.09. The molecular weight excluding hydrogens is 225 g/mol. The zero-order valence-electron chi connectivity index (χ0n) is 6.38.